The Bertz CT molecular complexity index is 3480. The highest BCUT2D eigenvalue weighted by Gasteiger charge is 2.36. The first-order chi connectivity index (χ1) is 29.8. The van der Waals surface area contributed by atoms with E-state index in [4.69, 9.17) is 19.7 Å². The van der Waals surface area contributed by atoms with Crippen molar-refractivity contribution in [2.45, 2.75) is 12.8 Å². The molecular weight excluding hydrogens is 759 g/mol. The number of para-hydroxylation sites is 7. The lowest BCUT2D eigenvalue weighted by atomic mass is 10.1. The molecule has 1 aliphatic heterocycles. The first-order valence-corrected chi connectivity index (χ1v) is 21.0. The molecule has 60 heavy (non-hydrogen) atoms. The lowest BCUT2D eigenvalue weighted by Gasteiger charge is -2.33. The lowest BCUT2D eigenvalue weighted by Crippen LogP contribution is -2.17. The minimum absolute atomic E-state index is 0.767. The molecule has 0 spiro atoms. The second kappa shape index (κ2) is 12.9. The molecule has 0 saturated carbocycles. The molecule has 13 rings (SSSR count). The van der Waals surface area contributed by atoms with E-state index in [1.165, 1.54) is 0 Å². The largest absolute Gasteiger partial charge is 0.453 e. The van der Waals surface area contributed by atoms with Crippen molar-refractivity contribution in [1.29, 1.82) is 0 Å². The Balaban J connectivity index is 1.29. The summed E-state index contributed by atoms with van der Waals surface area (Å²) in [7, 11) is 0. The van der Waals surface area contributed by atoms with Crippen LogP contribution in [0.15, 0.2) is 170 Å². The second-order valence-electron chi connectivity index (χ2n) is 15.1. The highest BCUT2D eigenvalue weighted by atomic mass is 32.1. The number of thiazole rings is 1. The van der Waals surface area contributed by atoms with Crippen molar-refractivity contribution in [1.82, 2.24) is 28.5 Å². The first kappa shape index (κ1) is 33.2. The summed E-state index contributed by atoms with van der Waals surface area (Å²) in [5.41, 5.74) is 13.7. The number of aromatic nitrogens is 6. The fraction of sp³-hybridized carbons (Fsp3) is 0.0392. The van der Waals surface area contributed by atoms with E-state index in [1.54, 1.807) is 11.3 Å². The van der Waals surface area contributed by atoms with Gasteiger partial charge in [-0.15, -0.1) is 11.3 Å². The van der Waals surface area contributed by atoms with Crippen LogP contribution in [0.1, 0.15) is 17.8 Å². The molecule has 0 bridgehead atoms. The summed E-state index contributed by atoms with van der Waals surface area (Å²) in [6.07, 6.45) is 6.35. The Labute approximate surface area is 348 Å². The van der Waals surface area contributed by atoms with Crippen LogP contribution < -0.4 is 9.64 Å². The van der Waals surface area contributed by atoms with Crippen molar-refractivity contribution in [3.63, 3.8) is 0 Å². The number of benzene rings is 7. The molecule has 5 heterocycles. The van der Waals surface area contributed by atoms with Gasteiger partial charge in [0.2, 0.25) is 5.78 Å². The molecule has 284 valence electrons. The lowest BCUT2D eigenvalue weighted by molar-refractivity contribution is 0.477. The Morgan fingerprint density at radius 1 is 0.550 bits per heavy atom. The third-order valence-corrected chi connectivity index (χ3v) is 12.8. The van der Waals surface area contributed by atoms with Crippen molar-refractivity contribution in [3.8, 4) is 44.8 Å². The monoisotopic (exact) mass is 791 g/mol. The van der Waals surface area contributed by atoms with Gasteiger partial charge in [-0.25, -0.2) is 15.0 Å². The van der Waals surface area contributed by atoms with Gasteiger partial charge >= 0.3 is 0 Å². The molecule has 11 aromatic rings. The summed E-state index contributed by atoms with van der Waals surface area (Å²) in [4.78, 5) is 19.3. The quantitative estimate of drug-likeness (QED) is 0.174. The molecule has 0 unspecified atom stereocenters. The Kier molecular flexibility index (Phi) is 7.13. The number of anilines is 3. The van der Waals surface area contributed by atoms with Crippen LogP contribution in [0.4, 0.5) is 17.1 Å². The molecule has 0 amide bonds. The van der Waals surface area contributed by atoms with E-state index in [0.29, 0.717) is 0 Å². The van der Waals surface area contributed by atoms with Crippen LogP contribution in [0.25, 0.3) is 77.5 Å². The standard InChI is InChI=1S/C51H33N7OS/c1-4-18-32(19-5-1)49-53-43-45(55(49)34-22-8-3-9-23-34)46(56-39-28-14-16-30-41(39)59-42-31-17-15-29-40(42)56)44-48(60-50(54-44)33-20-6-2-7-21-33)47(43)58-38-27-13-12-26-37(38)57-36-25-11-10-24-35(36)52-51(57)58/h1-9,11-23,25-31H,10,24H2. The maximum Gasteiger partial charge on any atom is 0.220 e. The Morgan fingerprint density at radius 2 is 1.18 bits per heavy atom. The zero-order valence-corrected chi connectivity index (χ0v) is 32.9. The van der Waals surface area contributed by atoms with Crippen LogP contribution in [-0.4, -0.2) is 28.5 Å². The number of allylic oxidation sites excluding steroid dienone is 1. The summed E-state index contributed by atoms with van der Waals surface area (Å²) >= 11 is 1.70. The number of nitrogens with zero attached hydrogens (tertiary/aromatic N) is 7. The molecular formula is C51H33N7OS. The number of imidazole rings is 3. The molecule has 0 atom stereocenters. The highest BCUT2D eigenvalue weighted by molar-refractivity contribution is 7.22. The van der Waals surface area contributed by atoms with Gasteiger partial charge in [-0.05, 0) is 67.4 Å². The van der Waals surface area contributed by atoms with Gasteiger partial charge in [0.25, 0.3) is 0 Å². The summed E-state index contributed by atoms with van der Waals surface area (Å²) in [6, 6.07) is 56.8. The fourth-order valence-corrected chi connectivity index (χ4v) is 10.2. The molecule has 8 nitrogen and oxygen atoms in total. The Morgan fingerprint density at radius 3 is 1.92 bits per heavy atom. The van der Waals surface area contributed by atoms with Crippen molar-refractivity contribution in [2.24, 2.45) is 0 Å². The molecule has 0 N–H and O–H groups in total. The van der Waals surface area contributed by atoms with Gasteiger partial charge in [0.05, 0.1) is 44.2 Å². The van der Waals surface area contributed by atoms with Crippen molar-refractivity contribution in [3.05, 3.63) is 181 Å². The minimum atomic E-state index is 0.767. The minimum Gasteiger partial charge on any atom is -0.453 e. The van der Waals surface area contributed by atoms with E-state index in [2.05, 4.69) is 170 Å². The van der Waals surface area contributed by atoms with Crippen LogP contribution >= 0.6 is 11.3 Å². The van der Waals surface area contributed by atoms with E-state index >= 15 is 0 Å². The third-order valence-electron chi connectivity index (χ3n) is 11.7. The van der Waals surface area contributed by atoms with E-state index in [1.807, 2.05) is 24.3 Å². The number of hydrogen-bond donors (Lipinski definition) is 0. The predicted octanol–water partition coefficient (Wildman–Crippen LogP) is 13.1. The smallest absolute Gasteiger partial charge is 0.220 e. The third kappa shape index (κ3) is 4.75. The maximum absolute atomic E-state index is 6.63. The van der Waals surface area contributed by atoms with Crippen LogP contribution in [-0.2, 0) is 6.42 Å². The van der Waals surface area contributed by atoms with Gasteiger partial charge in [0, 0.05) is 16.8 Å². The van der Waals surface area contributed by atoms with Gasteiger partial charge in [-0.1, -0.05) is 121 Å². The van der Waals surface area contributed by atoms with Crippen LogP contribution in [0, 0.1) is 0 Å². The van der Waals surface area contributed by atoms with Gasteiger partial charge in [0.15, 0.2) is 11.5 Å². The number of ether oxygens (including phenoxy) is 1. The maximum atomic E-state index is 6.63. The zero-order chi connectivity index (χ0) is 39.3. The summed E-state index contributed by atoms with van der Waals surface area (Å²) in [6.45, 7) is 0. The molecule has 7 aromatic carbocycles. The molecule has 0 radical (unpaired) electrons. The second-order valence-corrected chi connectivity index (χ2v) is 16.1. The van der Waals surface area contributed by atoms with Gasteiger partial charge in [-0.2, -0.15) is 0 Å². The van der Waals surface area contributed by atoms with Crippen molar-refractivity contribution >= 4 is 72.5 Å². The zero-order valence-electron chi connectivity index (χ0n) is 32.1. The summed E-state index contributed by atoms with van der Waals surface area (Å²) in [5.74, 6) is 3.22. The topological polar surface area (TPSA) is 65.4 Å². The van der Waals surface area contributed by atoms with Crippen LogP contribution in [0.5, 0.6) is 11.5 Å². The normalized spacial score (nSPS) is 13.2. The highest BCUT2D eigenvalue weighted by Crippen LogP contribution is 2.56. The van der Waals surface area contributed by atoms with E-state index < -0.39 is 0 Å². The molecule has 4 aromatic heterocycles. The fourth-order valence-electron chi connectivity index (χ4n) is 9.14. The Hall–Kier alpha value is -7.75. The predicted molar refractivity (Wildman–Crippen MR) is 243 cm³/mol. The van der Waals surface area contributed by atoms with Gasteiger partial charge in [0.1, 0.15) is 33.1 Å². The van der Waals surface area contributed by atoms with Crippen LogP contribution in [0.2, 0.25) is 0 Å². The first-order valence-electron chi connectivity index (χ1n) is 20.2. The van der Waals surface area contributed by atoms with E-state index in [-0.39, 0.29) is 0 Å². The number of fused-ring (bicyclic) bond motifs is 9. The van der Waals surface area contributed by atoms with Crippen molar-refractivity contribution < 1.29 is 4.74 Å². The SMILES string of the molecule is C1=Cc2c(nc3n(-c4c5nc(-c6ccccc6)n(-c6ccccc6)c5c(N5c6ccccc6Oc6ccccc65)c5nc(-c6ccccc6)sc45)c4ccccc4n23)CC1. The number of hydrogen-bond acceptors (Lipinski definition) is 6. The van der Waals surface area contributed by atoms with Crippen LogP contribution in [0.3, 0.4) is 0 Å². The summed E-state index contributed by atoms with van der Waals surface area (Å²) in [5, 5.41) is 0.920. The average molecular weight is 792 g/mol. The average Bonchev–Trinajstić information content (AvgIpc) is 4.09. The summed E-state index contributed by atoms with van der Waals surface area (Å²) < 4.78 is 14.6. The van der Waals surface area contributed by atoms with E-state index in [9.17, 15) is 0 Å². The van der Waals surface area contributed by atoms with Gasteiger partial charge in [-0.3, -0.25) is 18.4 Å². The van der Waals surface area contributed by atoms with Crippen molar-refractivity contribution in [2.75, 3.05) is 4.90 Å². The molecule has 9 heteroatoms. The number of aryl methyl sites for hydroxylation is 1. The van der Waals surface area contributed by atoms with Gasteiger partial charge < -0.3 is 4.74 Å². The molecule has 0 fully saturated rings. The number of rotatable bonds is 5. The molecule has 0 saturated heterocycles. The van der Waals surface area contributed by atoms with E-state index in [0.717, 1.165) is 124 Å². The molecule has 1 aliphatic carbocycles. The molecule has 2 aliphatic rings.